The molecule has 0 aliphatic rings. The van der Waals surface area contributed by atoms with Crippen LogP contribution in [0.4, 0.5) is 0 Å². The smallest absolute Gasteiger partial charge is 0.147 e. The van der Waals surface area contributed by atoms with Crippen molar-refractivity contribution in [3.8, 4) is 11.1 Å². The summed E-state index contributed by atoms with van der Waals surface area (Å²) in [5.74, 6) is -0.526. The third-order valence-electron chi connectivity index (χ3n) is 2.58. The molecular weight excluding hydrogens is 313 g/mol. The van der Waals surface area contributed by atoms with E-state index in [2.05, 4.69) is 24.8 Å². The molecule has 0 atom stereocenters. The van der Waals surface area contributed by atoms with Crippen LogP contribution in [0.5, 0.6) is 0 Å². The van der Waals surface area contributed by atoms with Crippen LogP contribution in [-0.2, 0) is 48.8 Å². The summed E-state index contributed by atoms with van der Waals surface area (Å²) in [4.78, 5) is 10.9. The van der Waals surface area contributed by atoms with Crippen molar-refractivity contribution in [1.29, 1.82) is 0 Å². The molecule has 2 nitrogen and oxygen atoms in total. The first-order valence-corrected chi connectivity index (χ1v) is 5.64. The second-order valence-corrected chi connectivity index (χ2v) is 3.82. The van der Waals surface area contributed by atoms with Crippen LogP contribution in [0.3, 0.4) is 0 Å². The Bertz CT molecular complexity index is 532. The van der Waals surface area contributed by atoms with Gasteiger partial charge < -0.3 is 10.8 Å². The maximum Gasteiger partial charge on any atom is 0.147 e. The Balaban J connectivity index is 0.00000180. The van der Waals surface area contributed by atoms with Gasteiger partial charge in [-0.25, -0.2) is 0 Å². The number of carbonyl (C=O) groups is 1. The fourth-order valence-electron chi connectivity index (χ4n) is 1.62. The second-order valence-electron chi connectivity index (χ2n) is 3.82. The summed E-state index contributed by atoms with van der Waals surface area (Å²) < 4.78 is 4.91. The number of esters is 1. The molecule has 0 N–H and O–H groups in total. The monoisotopic (exact) mass is 326 g/mol. The van der Waals surface area contributed by atoms with Gasteiger partial charge in [-0.2, -0.15) is 0 Å². The Morgan fingerprint density at radius 2 is 1.58 bits per heavy atom. The molecular formula is C16H13O2Y-. The molecule has 0 fully saturated rings. The zero-order valence-corrected chi connectivity index (χ0v) is 13.3. The van der Waals surface area contributed by atoms with Crippen molar-refractivity contribution < 1.29 is 42.2 Å². The van der Waals surface area contributed by atoms with Crippen LogP contribution < -0.4 is 0 Å². The molecule has 0 aliphatic carbocycles. The standard InChI is InChI=1S/C16H13O2.Y/c1-2-16(17)18-12-13-8-10-15(11-9-13)14-6-4-3-5-7-14;/h3-11H,1,12H2;/q-1;. The number of hydrogen-bond acceptors (Lipinski definition) is 2. The van der Waals surface area contributed by atoms with Crippen molar-refractivity contribution in [3.63, 3.8) is 0 Å². The van der Waals surface area contributed by atoms with Crippen LogP contribution in [-0.4, -0.2) is 5.97 Å². The van der Waals surface area contributed by atoms with Crippen LogP contribution in [0.15, 0.2) is 61.2 Å². The Morgan fingerprint density at radius 1 is 1.00 bits per heavy atom. The van der Waals surface area contributed by atoms with Gasteiger partial charge in [-0.05, 0) is 16.7 Å². The first kappa shape index (κ1) is 15.8. The van der Waals surface area contributed by atoms with Gasteiger partial charge in [0, 0.05) is 32.7 Å². The molecule has 0 heterocycles. The van der Waals surface area contributed by atoms with Crippen LogP contribution in [0.25, 0.3) is 11.1 Å². The van der Waals surface area contributed by atoms with E-state index >= 15 is 0 Å². The Kier molecular flexibility index (Phi) is 6.68. The summed E-state index contributed by atoms with van der Waals surface area (Å²) in [5.41, 5.74) is 3.25. The van der Waals surface area contributed by atoms with Crippen molar-refractivity contribution in [3.05, 3.63) is 72.8 Å². The van der Waals surface area contributed by atoms with Gasteiger partial charge in [-0.15, -0.1) is 0 Å². The minimum atomic E-state index is -0.526. The van der Waals surface area contributed by atoms with Crippen LogP contribution in [0.2, 0.25) is 0 Å². The number of hydrogen-bond donors (Lipinski definition) is 0. The second kappa shape index (κ2) is 8.03. The van der Waals surface area contributed by atoms with Gasteiger partial charge in [0.15, 0.2) is 0 Å². The van der Waals surface area contributed by atoms with E-state index in [9.17, 15) is 4.79 Å². The van der Waals surface area contributed by atoms with Crippen LogP contribution in [0.1, 0.15) is 5.56 Å². The van der Waals surface area contributed by atoms with Crippen molar-refractivity contribution in [2.75, 3.05) is 0 Å². The van der Waals surface area contributed by atoms with Crippen molar-refractivity contribution in [2.45, 2.75) is 6.61 Å². The fraction of sp³-hybridized carbons (Fsp3) is 0.0625. The van der Waals surface area contributed by atoms with E-state index in [0.29, 0.717) is 0 Å². The van der Waals surface area contributed by atoms with E-state index < -0.39 is 5.97 Å². The number of benzene rings is 2. The zero-order valence-electron chi connectivity index (χ0n) is 10.5. The SMILES string of the molecule is C=[C-]C(=O)OCc1ccc(-c2ccccc2)cc1.[Y]. The van der Waals surface area contributed by atoms with Crippen LogP contribution >= 0.6 is 0 Å². The first-order chi connectivity index (χ1) is 8.79. The molecule has 19 heavy (non-hydrogen) atoms. The average molecular weight is 326 g/mol. The summed E-state index contributed by atoms with van der Waals surface area (Å²) in [5, 5.41) is 0. The quantitative estimate of drug-likeness (QED) is 0.489. The van der Waals surface area contributed by atoms with Gasteiger partial charge >= 0.3 is 0 Å². The predicted molar refractivity (Wildman–Crippen MR) is 70.5 cm³/mol. The summed E-state index contributed by atoms with van der Waals surface area (Å²) >= 11 is 0. The predicted octanol–water partition coefficient (Wildman–Crippen LogP) is 3.38. The van der Waals surface area contributed by atoms with Gasteiger partial charge in [-0.1, -0.05) is 54.6 Å². The minimum absolute atomic E-state index is 0. The van der Waals surface area contributed by atoms with Crippen molar-refractivity contribution in [1.82, 2.24) is 0 Å². The Morgan fingerprint density at radius 3 is 2.16 bits per heavy atom. The van der Waals surface area contributed by atoms with E-state index in [4.69, 9.17) is 4.74 Å². The Labute approximate surface area is 138 Å². The summed E-state index contributed by atoms with van der Waals surface area (Å²) in [7, 11) is 0. The van der Waals surface area contributed by atoms with E-state index in [1.165, 1.54) is 5.56 Å². The molecule has 0 spiro atoms. The number of rotatable bonds is 4. The summed E-state index contributed by atoms with van der Waals surface area (Å²) in [6.45, 7) is 3.47. The molecule has 2 aromatic rings. The molecule has 2 rings (SSSR count). The van der Waals surface area contributed by atoms with E-state index in [1.54, 1.807) is 0 Å². The molecule has 1 radical (unpaired) electrons. The molecule has 0 amide bonds. The molecule has 0 aliphatic heterocycles. The topological polar surface area (TPSA) is 26.3 Å². The molecule has 3 heteroatoms. The number of ether oxygens (including phenoxy) is 1. The molecule has 2 aromatic carbocycles. The normalized spacial score (nSPS) is 9.26. The van der Waals surface area contributed by atoms with Gasteiger partial charge in [-0.3, -0.25) is 11.4 Å². The largest absolute Gasteiger partial charge is 0.485 e. The van der Waals surface area contributed by atoms with Gasteiger partial charge in [0.2, 0.25) is 0 Å². The van der Waals surface area contributed by atoms with E-state index in [1.807, 2.05) is 42.5 Å². The minimum Gasteiger partial charge on any atom is -0.485 e. The van der Waals surface area contributed by atoms with Crippen LogP contribution in [0, 0.1) is 6.08 Å². The molecule has 0 unspecified atom stereocenters. The van der Waals surface area contributed by atoms with E-state index in [-0.39, 0.29) is 39.3 Å². The van der Waals surface area contributed by atoms with E-state index in [0.717, 1.165) is 11.1 Å². The third kappa shape index (κ3) is 4.73. The molecule has 0 saturated heterocycles. The zero-order chi connectivity index (χ0) is 12.8. The maximum atomic E-state index is 10.9. The fourth-order valence-corrected chi connectivity index (χ4v) is 1.62. The third-order valence-corrected chi connectivity index (χ3v) is 2.58. The molecule has 93 valence electrons. The number of carbonyl (C=O) groups excluding carboxylic acids is 1. The molecule has 0 aromatic heterocycles. The molecule has 0 bridgehead atoms. The van der Waals surface area contributed by atoms with Gasteiger partial charge in [0.25, 0.3) is 0 Å². The molecule has 0 saturated carbocycles. The van der Waals surface area contributed by atoms with Gasteiger partial charge in [0.05, 0.1) is 0 Å². The summed E-state index contributed by atoms with van der Waals surface area (Å²) in [6, 6.07) is 18.0. The average Bonchev–Trinajstić information content (AvgIpc) is 2.46. The van der Waals surface area contributed by atoms with Crippen molar-refractivity contribution >= 4 is 5.97 Å². The van der Waals surface area contributed by atoms with Crippen molar-refractivity contribution in [2.24, 2.45) is 0 Å². The van der Waals surface area contributed by atoms with Gasteiger partial charge in [0.1, 0.15) is 12.6 Å². The Hall–Kier alpha value is -1.25. The first-order valence-electron chi connectivity index (χ1n) is 5.64. The summed E-state index contributed by atoms with van der Waals surface area (Å²) in [6.07, 6.45) is 2.16. The maximum absolute atomic E-state index is 10.9.